The smallest absolute Gasteiger partial charge is 0.0622 e. The summed E-state index contributed by atoms with van der Waals surface area (Å²) in [5.74, 6) is 5.30. The Morgan fingerprint density at radius 3 is 2.39 bits per heavy atom. The van der Waals surface area contributed by atoms with E-state index in [2.05, 4.69) is 20.8 Å². The number of hydrogen-bond donors (Lipinski definition) is 2. The van der Waals surface area contributed by atoms with Gasteiger partial charge in [0.1, 0.15) is 0 Å². The summed E-state index contributed by atoms with van der Waals surface area (Å²) in [6, 6.07) is 0.364. The van der Waals surface area contributed by atoms with E-state index in [4.69, 9.17) is 5.73 Å². The number of fused-ring (bicyclic) bond motifs is 5. The lowest BCUT2D eigenvalue weighted by Gasteiger charge is -2.57. The largest absolute Gasteiger partial charge is 0.390 e. The predicted octanol–water partition coefficient (Wildman–Crippen LogP) is 4.35. The fourth-order valence-electron chi connectivity index (χ4n) is 7.99. The van der Waals surface area contributed by atoms with Crippen LogP contribution in [0.15, 0.2) is 0 Å². The third-order valence-electron chi connectivity index (χ3n) is 8.94. The molecule has 0 bridgehead atoms. The van der Waals surface area contributed by atoms with Crippen LogP contribution in [0.1, 0.15) is 78.6 Å². The first-order valence-electron chi connectivity index (χ1n) is 10.3. The Balaban J connectivity index is 1.54. The van der Waals surface area contributed by atoms with E-state index in [0.717, 1.165) is 48.3 Å². The summed E-state index contributed by atoms with van der Waals surface area (Å²) < 4.78 is 0. The van der Waals surface area contributed by atoms with E-state index in [-0.39, 0.29) is 5.60 Å². The Bertz CT molecular complexity index is 459. The van der Waals surface area contributed by atoms with Crippen LogP contribution in [0, 0.1) is 40.9 Å². The van der Waals surface area contributed by atoms with Gasteiger partial charge in [-0.2, -0.15) is 0 Å². The first kappa shape index (κ1) is 16.4. The fourth-order valence-corrected chi connectivity index (χ4v) is 7.99. The SMILES string of the molecule is CC(N)[C@H]1CC[C@H]2[C@@H]3CC[C@@H]4C[C@](C)(O)CC[C@@H]4[C@H]3CC[C@]12C. The van der Waals surface area contributed by atoms with Gasteiger partial charge in [-0.25, -0.2) is 0 Å². The minimum Gasteiger partial charge on any atom is -0.390 e. The first-order chi connectivity index (χ1) is 10.8. The molecule has 3 N–H and O–H groups in total. The Hall–Kier alpha value is -0.0800. The lowest BCUT2D eigenvalue weighted by molar-refractivity contribution is -0.100. The van der Waals surface area contributed by atoms with Crippen LogP contribution in [0.3, 0.4) is 0 Å². The van der Waals surface area contributed by atoms with Crippen molar-refractivity contribution in [3.63, 3.8) is 0 Å². The summed E-state index contributed by atoms with van der Waals surface area (Å²) >= 11 is 0. The summed E-state index contributed by atoms with van der Waals surface area (Å²) in [6.45, 7) is 6.88. The zero-order valence-electron chi connectivity index (χ0n) is 15.4. The molecule has 4 aliphatic carbocycles. The number of aliphatic hydroxyl groups is 1. The van der Waals surface area contributed by atoms with Gasteiger partial charge in [0.15, 0.2) is 0 Å². The zero-order valence-corrected chi connectivity index (χ0v) is 15.4. The van der Waals surface area contributed by atoms with E-state index >= 15 is 0 Å². The lowest BCUT2D eigenvalue weighted by Crippen LogP contribution is -2.51. The van der Waals surface area contributed by atoms with Crippen LogP contribution < -0.4 is 5.73 Å². The molecule has 0 aromatic heterocycles. The average Bonchev–Trinajstić information content (AvgIpc) is 2.83. The summed E-state index contributed by atoms with van der Waals surface area (Å²) in [5, 5.41) is 10.5. The topological polar surface area (TPSA) is 46.2 Å². The maximum atomic E-state index is 10.5. The molecule has 9 atom stereocenters. The number of rotatable bonds is 1. The summed E-state index contributed by atoms with van der Waals surface area (Å²) in [6.07, 6.45) is 11.8. The van der Waals surface area contributed by atoms with Crippen molar-refractivity contribution < 1.29 is 5.11 Å². The van der Waals surface area contributed by atoms with Gasteiger partial charge in [-0.15, -0.1) is 0 Å². The number of nitrogens with two attached hydrogens (primary N) is 1. The van der Waals surface area contributed by atoms with E-state index in [1.165, 1.54) is 44.9 Å². The molecule has 0 radical (unpaired) electrons. The molecule has 4 rings (SSSR count). The van der Waals surface area contributed by atoms with Crippen LogP contribution in [0.25, 0.3) is 0 Å². The molecule has 4 aliphatic rings. The van der Waals surface area contributed by atoms with Gasteiger partial charge in [0.2, 0.25) is 0 Å². The van der Waals surface area contributed by atoms with Crippen molar-refractivity contribution in [3.8, 4) is 0 Å². The molecule has 0 spiro atoms. The van der Waals surface area contributed by atoms with Crippen LogP contribution in [0.5, 0.6) is 0 Å². The average molecular weight is 320 g/mol. The highest BCUT2D eigenvalue weighted by molar-refractivity contribution is 5.07. The molecule has 2 heteroatoms. The second-order valence-electron chi connectivity index (χ2n) is 10.3. The summed E-state index contributed by atoms with van der Waals surface area (Å²) in [7, 11) is 0. The minimum absolute atomic E-state index is 0.364. The van der Waals surface area contributed by atoms with Crippen LogP contribution in [0.2, 0.25) is 0 Å². The third-order valence-corrected chi connectivity index (χ3v) is 8.94. The monoisotopic (exact) mass is 319 g/mol. The van der Waals surface area contributed by atoms with Gasteiger partial charge in [-0.05, 0) is 113 Å². The second-order valence-corrected chi connectivity index (χ2v) is 10.3. The molecule has 132 valence electrons. The molecule has 1 unspecified atom stereocenters. The van der Waals surface area contributed by atoms with E-state index in [1.807, 2.05) is 0 Å². The predicted molar refractivity (Wildman–Crippen MR) is 94.9 cm³/mol. The zero-order chi connectivity index (χ0) is 16.4. The van der Waals surface area contributed by atoms with Crippen molar-refractivity contribution >= 4 is 0 Å². The van der Waals surface area contributed by atoms with Crippen molar-refractivity contribution in [3.05, 3.63) is 0 Å². The Morgan fingerprint density at radius 2 is 1.65 bits per heavy atom. The molecule has 0 saturated heterocycles. The summed E-state index contributed by atoms with van der Waals surface area (Å²) in [4.78, 5) is 0. The van der Waals surface area contributed by atoms with Crippen molar-refractivity contribution in [2.24, 2.45) is 46.7 Å². The fraction of sp³-hybridized carbons (Fsp3) is 1.00. The molecule has 2 nitrogen and oxygen atoms in total. The maximum absolute atomic E-state index is 10.5. The Labute approximate surface area is 142 Å². The second kappa shape index (κ2) is 5.46. The quantitative estimate of drug-likeness (QED) is 0.754. The molecule has 0 heterocycles. The van der Waals surface area contributed by atoms with E-state index in [1.54, 1.807) is 0 Å². The Morgan fingerprint density at radius 1 is 0.913 bits per heavy atom. The molecule has 4 fully saturated rings. The molecule has 4 saturated carbocycles. The van der Waals surface area contributed by atoms with Crippen LogP contribution >= 0.6 is 0 Å². The molecule has 0 aromatic rings. The van der Waals surface area contributed by atoms with Crippen LogP contribution in [-0.4, -0.2) is 16.7 Å². The van der Waals surface area contributed by atoms with Crippen LogP contribution in [0.4, 0.5) is 0 Å². The highest BCUT2D eigenvalue weighted by atomic mass is 16.3. The highest BCUT2D eigenvalue weighted by Gasteiger charge is 2.57. The van der Waals surface area contributed by atoms with Crippen LogP contribution in [-0.2, 0) is 0 Å². The van der Waals surface area contributed by atoms with Gasteiger partial charge in [-0.1, -0.05) is 6.92 Å². The molecule has 0 amide bonds. The van der Waals surface area contributed by atoms with E-state index < -0.39 is 0 Å². The van der Waals surface area contributed by atoms with E-state index in [9.17, 15) is 5.11 Å². The molecular weight excluding hydrogens is 282 g/mol. The molecule has 0 aromatic carbocycles. The van der Waals surface area contributed by atoms with Crippen molar-refractivity contribution in [1.82, 2.24) is 0 Å². The molecule has 0 aliphatic heterocycles. The normalized spacial score (nSPS) is 57.3. The lowest BCUT2D eigenvalue weighted by atomic mass is 9.49. The van der Waals surface area contributed by atoms with Crippen molar-refractivity contribution in [2.75, 3.05) is 0 Å². The van der Waals surface area contributed by atoms with Crippen molar-refractivity contribution in [1.29, 1.82) is 0 Å². The summed E-state index contributed by atoms with van der Waals surface area (Å²) in [5.41, 5.74) is 6.50. The van der Waals surface area contributed by atoms with Crippen molar-refractivity contribution in [2.45, 2.75) is 90.2 Å². The standard InChI is InChI=1S/C21H37NO/c1-13(22)18-6-7-19-17-5-4-14-12-20(2,23)10-8-15(14)16(17)9-11-21(18,19)3/h13-19,23H,4-12,22H2,1-3H3/t13?,14-,15+,16-,17-,18-,19+,20-,21-/m1/s1. The maximum Gasteiger partial charge on any atom is 0.0622 e. The van der Waals surface area contributed by atoms with Gasteiger partial charge < -0.3 is 10.8 Å². The van der Waals surface area contributed by atoms with Gasteiger partial charge >= 0.3 is 0 Å². The Kier molecular flexibility index (Phi) is 3.89. The third kappa shape index (κ3) is 2.51. The van der Waals surface area contributed by atoms with Gasteiger partial charge in [0.05, 0.1) is 5.60 Å². The van der Waals surface area contributed by atoms with Gasteiger partial charge in [-0.3, -0.25) is 0 Å². The van der Waals surface area contributed by atoms with E-state index in [0.29, 0.717) is 11.5 Å². The number of hydrogen-bond acceptors (Lipinski definition) is 2. The highest BCUT2D eigenvalue weighted by Crippen LogP contribution is 2.64. The van der Waals surface area contributed by atoms with Gasteiger partial charge in [0, 0.05) is 6.04 Å². The first-order valence-corrected chi connectivity index (χ1v) is 10.3. The molecule has 23 heavy (non-hydrogen) atoms. The minimum atomic E-state index is -0.384. The molecular formula is C21H37NO. The van der Waals surface area contributed by atoms with Gasteiger partial charge in [0.25, 0.3) is 0 Å².